The summed E-state index contributed by atoms with van der Waals surface area (Å²) in [4.78, 5) is 18.7. The minimum atomic E-state index is -4.44. The van der Waals surface area contributed by atoms with Gasteiger partial charge in [0, 0.05) is 0 Å². The van der Waals surface area contributed by atoms with E-state index >= 15 is 0 Å². The lowest BCUT2D eigenvalue weighted by Crippen LogP contribution is -2.48. The summed E-state index contributed by atoms with van der Waals surface area (Å²) in [6.07, 6.45) is -2.50. The number of nitrogens with zero attached hydrogens (tertiary/aromatic N) is 2. The van der Waals surface area contributed by atoms with Crippen molar-refractivity contribution >= 4 is 11.7 Å². The molecule has 5 nitrogen and oxygen atoms in total. The van der Waals surface area contributed by atoms with Crippen LogP contribution in [0.5, 0.6) is 0 Å². The van der Waals surface area contributed by atoms with E-state index in [-0.39, 0.29) is 24.4 Å². The van der Waals surface area contributed by atoms with Crippen LogP contribution in [0, 0.1) is 0 Å². The van der Waals surface area contributed by atoms with E-state index in [0.717, 1.165) is 12.4 Å². The third-order valence-corrected chi connectivity index (χ3v) is 2.55. The van der Waals surface area contributed by atoms with Crippen molar-refractivity contribution in [2.75, 3.05) is 5.73 Å². The van der Waals surface area contributed by atoms with Gasteiger partial charge in [-0.1, -0.05) is 0 Å². The monoisotopic (exact) mass is 246 g/mol. The van der Waals surface area contributed by atoms with E-state index in [1.165, 1.54) is 0 Å². The number of carbonyl (C=O) groups is 1. The van der Waals surface area contributed by atoms with Crippen molar-refractivity contribution in [3.63, 3.8) is 0 Å². The maximum absolute atomic E-state index is 12.6. The molecule has 2 rings (SSSR count). The molecular formula is C9H9F3N4O. The average Bonchev–Trinajstić information content (AvgIpc) is 2.98. The predicted molar refractivity (Wildman–Crippen MR) is 51.9 cm³/mol. The van der Waals surface area contributed by atoms with Crippen LogP contribution in [0.1, 0.15) is 23.3 Å². The highest BCUT2D eigenvalue weighted by Crippen LogP contribution is 2.48. The van der Waals surface area contributed by atoms with Crippen molar-refractivity contribution in [2.45, 2.75) is 24.6 Å². The summed E-state index contributed by atoms with van der Waals surface area (Å²) < 4.78 is 37.7. The van der Waals surface area contributed by atoms with Gasteiger partial charge in [0.15, 0.2) is 0 Å². The number of nitrogen functional groups attached to an aromatic ring is 1. The summed E-state index contributed by atoms with van der Waals surface area (Å²) in [6, 6.07) is 0. The molecule has 1 aliphatic carbocycles. The van der Waals surface area contributed by atoms with Crippen LogP contribution in [-0.2, 0) is 0 Å². The Labute approximate surface area is 94.2 Å². The van der Waals surface area contributed by atoms with Crippen LogP contribution >= 0.6 is 0 Å². The third kappa shape index (κ3) is 2.15. The molecule has 0 unspecified atom stereocenters. The quantitative estimate of drug-likeness (QED) is 0.811. The minimum absolute atomic E-state index is 0.0958. The molecule has 1 fully saturated rings. The number of rotatable bonds is 2. The Morgan fingerprint density at radius 2 is 2.00 bits per heavy atom. The first-order chi connectivity index (χ1) is 7.84. The van der Waals surface area contributed by atoms with Gasteiger partial charge in [-0.3, -0.25) is 4.79 Å². The summed E-state index contributed by atoms with van der Waals surface area (Å²) in [7, 11) is 0. The Morgan fingerprint density at radius 1 is 1.35 bits per heavy atom. The van der Waals surface area contributed by atoms with Gasteiger partial charge in [0.1, 0.15) is 17.1 Å². The second-order valence-electron chi connectivity index (χ2n) is 3.86. The smallest absolute Gasteiger partial charge is 0.382 e. The summed E-state index contributed by atoms with van der Waals surface area (Å²) in [6.45, 7) is 0. The summed E-state index contributed by atoms with van der Waals surface area (Å²) in [5.74, 6) is -0.800. The number of carbonyl (C=O) groups excluding carboxylic acids is 1. The van der Waals surface area contributed by atoms with E-state index in [9.17, 15) is 18.0 Å². The van der Waals surface area contributed by atoms with E-state index in [1.807, 2.05) is 5.32 Å². The van der Waals surface area contributed by atoms with Crippen LogP contribution < -0.4 is 11.1 Å². The number of aromatic nitrogens is 2. The molecule has 1 heterocycles. The lowest BCUT2D eigenvalue weighted by molar-refractivity contribution is -0.163. The largest absolute Gasteiger partial charge is 0.411 e. The topological polar surface area (TPSA) is 80.9 Å². The number of amides is 1. The van der Waals surface area contributed by atoms with Crippen LogP contribution in [0.3, 0.4) is 0 Å². The zero-order valence-corrected chi connectivity index (χ0v) is 8.58. The predicted octanol–water partition coefficient (Wildman–Crippen LogP) is 0.883. The number of hydrogen-bond acceptors (Lipinski definition) is 4. The van der Waals surface area contributed by atoms with E-state index in [0.29, 0.717) is 0 Å². The normalized spacial score (nSPS) is 17.6. The highest BCUT2D eigenvalue weighted by Gasteiger charge is 2.64. The summed E-state index contributed by atoms with van der Waals surface area (Å²) in [5, 5.41) is 1.94. The SMILES string of the molecule is Nc1cnc(C(=O)NC2(C(F)(F)F)CC2)cn1. The molecule has 0 aromatic carbocycles. The van der Waals surface area contributed by atoms with E-state index < -0.39 is 17.6 Å². The highest BCUT2D eigenvalue weighted by atomic mass is 19.4. The molecule has 1 amide bonds. The minimum Gasteiger partial charge on any atom is -0.382 e. The van der Waals surface area contributed by atoms with Crippen molar-refractivity contribution in [1.29, 1.82) is 0 Å². The van der Waals surface area contributed by atoms with Gasteiger partial charge in [-0.15, -0.1) is 0 Å². The number of nitrogens with two attached hydrogens (primary N) is 1. The van der Waals surface area contributed by atoms with Crippen molar-refractivity contribution in [2.24, 2.45) is 0 Å². The second-order valence-corrected chi connectivity index (χ2v) is 3.86. The third-order valence-electron chi connectivity index (χ3n) is 2.55. The standard InChI is InChI=1S/C9H9F3N4O/c10-9(11,12)8(1-2-8)16-7(17)5-3-15-6(13)4-14-5/h3-4H,1-2H2,(H2,13,15)(H,16,17). The highest BCUT2D eigenvalue weighted by molar-refractivity contribution is 5.92. The lowest BCUT2D eigenvalue weighted by Gasteiger charge is -2.20. The first-order valence-corrected chi connectivity index (χ1v) is 4.81. The molecular weight excluding hydrogens is 237 g/mol. The second kappa shape index (κ2) is 3.57. The molecule has 8 heteroatoms. The van der Waals surface area contributed by atoms with Crippen molar-refractivity contribution in [3.05, 3.63) is 18.1 Å². The molecule has 1 aliphatic rings. The van der Waals surface area contributed by atoms with Crippen molar-refractivity contribution in [1.82, 2.24) is 15.3 Å². The zero-order valence-electron chi connectivity index (χ0n) is 8.58. The molecule has 1 aromatic rings. The average molecular weight is 246 g/mol. The van der Waals surface area contributed by atoms with Crippen LogP contribution in [-0.4, -0.2) is 27.6 Å². The van der Waals surface area contributed by atoms with Crippen LogP contribution in [0.15, 0.2) is 12.4 Å². The Bertz CT molecular complexity index is 439. The van der Waals surface area contributed by atoms with E-state index in [1.54, 1.807) is 0 Å². The summed E-state index contributed by atoms with van der Waals surface area (Å²) in [5.41, 5.74) is 2.97. The van der Waals surface area contributed by atoms with Gasteiger partial charge in [-0.25, -0.2) is 9.97 Å². The number of nitrogens with one attached hydrogen (secondary N) is 1. The van der Waals surface area contributed by atoms with Gasteiger partial charge in [0.25, 0.3) is 5.91 Å². The maximum Gasteiger partial charge on any atom is 0.411 e. The van der Waals surface area contributed by atoms with Gasteiger partial charge in [0.2, 0.25) is 0 Å². The maximum atomic E-state index is 12.6. The lowest BCUT2D eigenvalue weighted by atomic mass is 10.2. The Kier molecular flexibility index (Phi) is 2.44. The molecule has 17 heavy (non-hydrogen) atoms. The molecule has 0 aliphatic heterocycles. The molecule has 0 saturated heterocycles. The molecule has 0 radical (unpaired) electrons. The van der Waals surface area contributed by atoms with Crippen LogP contribution in [0.2, 0.25) is 0 Å². The Morgan fingerprint density at radius 3 is 2.41 bits per heavy atom. The number of anilines is 1. The fraction of sp³-hybridized carbons (Fsp3) is 0.444. The Balaban J connectivity index is 2.10. The van der Waals surface area contributed by atoms with Gasteiger partial charge in [-0.2, -0.15) is 13.2 Å². The van der Waals surface area contributed by atoms with E-state index in [2.05, 4.69) is 9.97 Å². The molecule has 3 N–H and O–H groups in total. The zero-order chi connectivity index (χ0) is 12.7. The number of hydrogen-bond donors (Lipinski definition) is 2. The van der Waals surface area contributed by atoms with Gasteiger partial charge in [0.05, 0.1) is 12.4 Å². The first kappa shape index (κ1) is 11.6. The van der Waals surface area contributed by atoms with Crippen molar-refractivity contribution in [3.8, 4) is 0 Å². The fourth-order valence-electron chi connectivity index (χ4n) is 1.34. The fourth-order valence-corrected chi connectivity index (χ4v) is 1.34. The summed E-state index contributed by atoms with van der Waals surface area (Å²) >= 11 is 0. The van der Waals surface area contributed by atoms with Crippen LogP contribution in [0.25, 0.3) is 0 Å². The van der Waals surface area contributed by atoms with Crippen molar-refractivity contribution < 1.29 is 18.0 Å². The van der Waals surface area contributed by atoms with Crippen LogP contribution in [0.4, 0.5) is 19.0 Å². The number of alkyl halides is 3. The molecule has 1 aromatic heterocycles. The van der Waals surface area contributed by atoms with Gasteiger partial charge >= 0.3 is 6.18 Å². The molecule has 1 saturated carbocycles. The van der Waals surface area contributed by atoms with Gasteiger partial charge < -0.3 is 11.1 Å². The molecule has 92 valence electrons. The van der Waals surface area contributed by atoms with E-state index in [4.69, 9.17) is 5.73 Å². The Hall–Kier alpha value is -1.86. The van der Waals surface area contributed by atoms with Gasteiger partial charge in [-0.05, 0) is 12.8 Å². The first-order valence-electron chi connectivity index (χ1n) is 4.81. The molecule has 0 spiro atoms. The number of halogens is 3. The molecule has 0 bridgehead atoms. The molecule has 0 atom stereocenters.